The van der Waals surface area contributed by atoms with Gasteiger partial charge < -0.3 is 66.3 Å². The molecule has 5 aromatic carbocycles. The Morgan fingerprint density at radius 3 is 1.10 bits per heavy atom. The minimum atomic E-state index is -0.745. The number of hydrogen-bond acceptors (Lipinski definition) is 42. The Kier molecular flexibility index (Phi) is 24.4. The van der Waals surface area contributed by atoms with Crippen molar-refractivity contribution in [3.8, 4) is 0 Å². The molecular formula is C108H88O42. The third-order valence-electron chi connectivity index (χ3n) is 35.4. The first-order chi connectivity index (χ1) is 71.6. The van der Waals surface area contributed by atoms with Crippen molar-refractivity contribution in [2.45, 2.75) is 170 Å². The second-order valence-corrected chi connectivity index (χ2v) is 42.5. The summed E-state index contributed by atoms with van der Waals surface area (Å²) in [5, 5.41) is 0. The van der Waals surface area contributed by atoms with Gasteiger partial charge in [0.1, 0.15) is 0 Å². The van der Waals surface area contributed by atoms with E-state index in [4.69, 9.17) is 47.4 Å². The summed E-state index contributed by atoms with van der Waals surface area (Å²) >= 11 is 0. The molecule has 0 spiro atoms. The molecule has 42 nitrogen and oxygen atoms in total. The zero-order valence-electron chi connectivity index (χ0n) is 79.4. The minimum Gasteiger partial charge on any atom is -0.393 e. The monoisotopic (exact) mass is 2060 g/mol. The summed E-state index contributed by atoms with van der Waals surface area (Å²) in [7, 11) is 0. The van der Waals surface area contributed by atoms with Crippen molar-refractivity contribution in [3.05, 3.63) is 176 Å². The molecule has 14 saturated heterocycles. The van der Waals surface area contributed by atoms with Crippen LogP contribution in [0.2, 0.25) is 0 Å². The van der Waals surface area contributed by atoms with E-state index in [1.54, 1.807) is 42.5 Å². The number of esters is 28. The number of carbonyl (C=O) groups excluding carboxylic acids is 28. The number of ether oxygens (including phenoxy) is 14. The SMILES string of the molecule is CC1(C2CC(=O)OC2=O)CC2C(=O)OC(=O)C2c2ccccc21.CCC1(C2CC(=O)OC2=O)CC2C(=O)OC(=O)C2c2ccccc21.O=C1CC(C2c3ccccc3CC3C(=O)OC(=O)C32)C(=O)O1.O=C1CC(c2ccc3c(c2)CC2C(=O)OC(=O)C2C3)C(=O)O1.O=C1CC(c2cccc3c2CC2C(=O)OC(=O)C2C3)C(=O)O1.O=C1OC(=O)C2CC1C1C3CC(C(=O)OC3=O)C21.O=C1OC(=O)C2CC3C4CC(C(=O)OC4=O)C3CC12. The molecule has 0 amide bonds. The van der Waals surface area contributed by atoms with Crippen LogP contribution in [0.3, 0.4) is 0 Å². The molecule has 0 radical (unpaired) electrons. The molecule has 4 saturated carbocycles. The molecule has 14 aliphatic heterocycles. The van der Waals surface area contributed by atoms with Gasteiger partial charge in [0.2, 0.25) is 0 Å². The second-order valence-electron chi connectivity index (χ2n) is 42.5. The molecule has 14 heterocycles. The third-order valence-corrected chi connectivity index (χ3v) is 35.4. The fraction of sp³-hybridized carbons (Fsp3) is 0.463. The van der Waals surface area contributed by atoms with Gasteiger partial charge in [-0.3, -0.25) is 134 Å². The fourth-order valence-electron chi connectivity index (χ4n) is 28.5. The molecule has 18 fully saturated rings. The van der Waals surface area contributed by atoms with Gasteiger partial charge in [-0.1, -0.05) is 123 Å². The van der Waals surface area contributed by atoms with Gasteiger partial charge in [0, 0.05) is 16.7 Å². The van der Waals surface area contributed by atoms with Crippen molar-refractivity contribution in [1.82, 2.24) is 0 Å². The van der Waals surface area contributed by atoms with Crippen LogP contribution in [0.1, 0.15) is 194 Å². The van der Waals surface area contributed by atoms with Gasteiger partial charge in [0.25, 0.3) is 0 Å². The van der Waals surface area contributed by atoms with Gasteiger partial charge in [-0.2, -0.15) is 0 Å². The Morgan fingerprint density at radius 2 is 0.600 bits per heavy atom. The molecule has 0 N–H and O–H groups in total. The first-order valence-electron chi connectivity index (χ1n) is 49.7. The molecule has 42 heteroatoms. The van der Waals surface area contributed by atoms with E-state index in [1.807, 2.05) is 80.6 Å². The van der Waals surface area contributed by atoms with Gasteiger partial charge in [0.05, 0.1) is 168 Å². The van der Waals surface area contributed by atoms with E-state index in [2.05, 4.69) is 18.9 Å². The van der Waals surface area contributed by atoms with Crippen LogP contribution in [0.25, 0.3) is 0 Å². The zero-order valence-corrected chi connectivity index (χ0v) is 79.4. The number of fused-ring (bicyclic) bond motifs is 27. The summed E-state index contributed by atoms with van der Waals surface area (Å²) in [5.41, 5.74) is 8.50. The van der Waals surface area contributed by atoms with E-state index in [0.29, 0.717) is 88.2 Å². The molecule has 150 heavy (non-hydrogen) atoms. The summed E-state index contributed by atoms with van der Waals surface area (Å²) in [6, 6.07) is 32.9. The van der Waals surface area contributed by atoms with E-state index < -0.39 is 308 Å². The van der Waals surface area contributed by atoms with Crippen LogP contribution in [-0.4, -0.2) is 167 Å². The highest BCUT2D eigenvalue weighted by Gasteiger charge is 2.70. The lowest BCUT2D eigenvalue weighted by Gasteiger charge is -2.44. The first kappa shape index (κ1) is 98.7. The molecule has 0 aromatic heterocycles. The highest BCUT2D eigenvalue weighted by Crippen LogP contribution is 2.64. The average molecular weight is 2060 g/mol. The largest absolute Gasteiger partial charge is 0.393 e. The summed E-state index contributed by atoms with van der Waals surface area (Å²) in [5.74, 6) is -27.9. The average Bonchev–Trinajstić information content (AvgIpc) is 1.44. The normalized spacial score (nSPS) is 36.5. The molecule has 772 valence electrons. The van der Waals surface area contributed by atoms with E-state index in [1.165, 1.54) is 0 Å². The summed E-state index contributed by atoms with van der Waals surface area (Å²) in [6.45, 7) is 3.78. The van der Waals surface area contributed by atoms with Crippen LogP contribution in [0.4, 0.5) is 0 Å². The lowest BCUT2D eigenvalue weighted by Crippen LogP contribution is -2.45. The summed E-state index contributed by atoms with van der Waals surface area (Å²) in [4.78, 5) is 330. The van der Waals surface area contributed by atoms with E-state index in [9.17, 15) is 134 Å². The first-order valence-corrected chi connectivity index (χ1v) is 49.7. The topological polar surface area (TPSA) is 607 Å². The van der Waals surface area contributed by atoms with Crippen LogP contribution in [0.15, 0.2) is 109 Å². The van der Waals surface area contributed by atoms with Crippen LogP contribution in [0.5, 0.6) is 0 Å². The van der Waals surface area contributed by atoms with Crippen LogP contribution < -0.4 is 0 Å². The van der Waals surface area contributed by atoms with Crippen LogP contribution in [0, 0.1) is 136 Å². The lowest BCUT2D eigenvalue weighted by molar-refractivity contribution is -0.175. The highest BCUT2D eigenvalue weighted by molar-refractivity contribution is 6.07. The fourth-order valence-corrected chi connectivity index (χ4v) is 28.5. The maximum absolute atomic E-state index is 12.3. The van der Waals surface area contributed by atoms with Gasteiger partial charge in [-0.05, 0) is 174 Å². The Hall–Kier alpha value is -15.9. The Balaban J connectivity index is 0.0000000990. The smallest absolute Gasteiger partial charge is 0.321 e. The molecular weight excluding hydrogens is 1970 g/mol. The summed E-state index contributed by atoms with van der Waals surface area (Å²) < 4.78 is 66.0. The summed E-state index contributed by atoms with van der Waals surface area (Å²) in [6.07, 6.45) is 5.50. The van der Waals surface area contributed by atoms with Gasteiger partial charge in [0.15, 0.2) is 0 Å². The van der Waals surface area contributed by atoms with Crippen molar-refractivity contribution in [2.75, 3.05) is 0 Å². The molecule has 6 bridgehead atoms. The minimum absolute atomic E-state index is 0.00138. The standard InChI is InChI=1S/C18H16O6.C17H14O6.3C16H12O6.C13H12O6.C12H10O6/c1-2-18(12-7-13(19)23-16(12)21)8-10-14(17(22)24-15(10)20)9-5-3-4-6-11(9)18;1-17(11-6-12(18)22-15(11)20)7-9-13(16(21)23-14(9)19)8-4-2-3-5-10(8)17;17-13-6-10(14(18)21-13)8-2-1-7-4-11-12(5-9(7)3-8)16(20)22-15(11)19;17-13-6-12(14(18)21-13)8-3-1-2-7-4-10-11(5-9(7)8)16(20)22-15(10)19;17-11-6-10(14(18)21-11)12-8-4-2-1-3-7(8)5-9-13(12)16(20)22-15(9)19;14-10-6-3-7(11(15)18-10)5-2-9-8(1-4(5)6)12(16)19-13(9)17;13-9-3-1-4(10(14)17-9)8-6-2-5(7(3)8)11(15)18-12(6)16/h3-6,10,12,14H,2,7-8H2,1H3;2-5,9,11,13H,6-7H2,1H3;2*1-3,10-12H,4-6H2;1-4,9-10,12-13H,5-6H2;4-9H,1-3H2;3-8H,1-2H2. The number of benzene rings is 5. The lowest BCUT2D eigenvalue weighted by atomic mass is 9.56. The van der Waals surface area contributed by atoms with Gasteiger partial charge >= 0.3 is 167 Å². The van der Waals surface area contributed by atoms with Crippen molar-refractivity contribution < 1.29 is 201 Å². The van der Waals surface area contributed by atoms with Crippen molar-refractivity contribution in [3.63, 3.8) is 0 Å². The molecule has 9 aliphatic carbocycles. The number of carbonyl (C=O) groups is 28. The predicted molar refractivity (Wildman–Crippen MR) is 475 cm³/mol. The van der Waals surface area contributed by atoms with E-state index in [-0.39, 0.29) is 74.0 Å². The zero-order chi connectivity index (χ0) is 106. The Labute approximate surface area is 845 Å². The highest BCUT2D eigenvalue weighted by atomic mass is 16.6. The van der Waals surface area contributed by atoms with Crippen molar-refractivity contribution >= 4 is 167 Å². The number of rotatable bonds is 6. The maximum Gasteiger partial charge on any atom is 0.321 e. The third kappa shape index (κ3) is 16.3. The number of hydrogen-bond donors (Lipinski definition) is 0. The molecule has 28 rings (SSSR count). The van der Waals surface area contributed by atoms with Crippen LogP contribution in [-0.2, 0) is 243 Å². The molecule has 28 atom stereocenters. The number of cyclic esters (lactones) is 28. The van der Waals surface area contributed by atoms with E-state index >= 15 is 0 Å². The predicted octanol–water partition coefficient (Wildman–Crippen LogP) is 4.59. The molecule has 5 aromatic rings. The quantitative estimate of drug-likeness (QED) is 0.0971. The molecule has 28 unspecified atom stereocenters. The van der Waals surface area contributed by atoms with E-state index in [0.717, 1.165) is 55.6 Å². The van der Waals surface area contributed by atoms with Crippen LogP contribution >= 0.6 is 0 Å². The second kappa shape index (κ2) is 37.1. The Morgan fingerprint density at radius 1 is 0.240 bits per heavy atom. The van der Waals surface area contributed by atoms with Crippen molar-refractivity contribution in [2.24, 2.45) is 136 Å². The molecule has 23 aliphatic rings. The van der Waals surface area contributed by atoms with Gasteiger partial charge in [-0.15, -0.1) is 0 Å². The van der Waals surface area contributed by atoms with Gasteiger partial charge in [-0.25, -0.2) is 0 Å². The maximum atomic E-state index is 12.3. The Bertz CT molecular complexity index is 6920. The van der Waals surface area contributed by atoms with Crippen molar-refractivity contribution in [1.29, 1.82) is 0 Å².